The monoisotopic (exact) mass is 268 g/mol. The summed E-state index contributed by atoms with van der Waals surface area (Å²) in [4.78, 5) is 22.8. The van der Waals surface area contributed by atoms with Crippen LogP contribution in [0.5, 0.6) is 11.5 Å². The summed E-state index contributed by atoms with van der Waals surface area (Å²) in [6.07, 6.45) is 0.117. The number of hydrogen-bond acceptors (Lipinski definition) is 6. The maximum atomic E-state index is 11.5. The minimum atomic E-state index is -0.898. The number of ether oxygens (including phenoxy) is 1. The third-order valence-electron chi connectivity index (χ3n) is 2.49. The van der Waals surface area contributed by atoms with E-state index in [4.69, 9.17) is 5.73 Å². The van der Waals surface area contributed by atoms with Crippen LogP contribution in [-0.4, -0.2) is 41.8 Å². The maximum Gasteiger partial charge on any atom is 0.328 e. The number of rotatable bonds is 5. The second kappa shape index (κ2) is 6.60. The van der Waals surface area contributed by atoms with E-state index in [0.717, 1.165) is 0 Å². The van der Waals surface area contributed by atoms with Crippen LogP contribution in [0.25, 0.3) is 0 Å². The summed E-state index contributed by atoms with van der Waals surface area (Å²) >= 11 is 0. The first kappa shape index (κ1) is 14.8. The van der Waals surface area contributed by atoms with Gasteiger partial charge in [-0.15, -0.1) is 0 Å². The van der Waals surface area contributed by atoms with E-state index in [1.807, 2.05) is 0 Å². The summed E-state index contributed by atoms with van der Waals surface area (Å²) in [6.45, 7) is -0.242. The van der Waals surface area contributed by atoms with E-state index in [1.54, 1.807) is 0 Å². The molecule has 0 saturated carbocycles. The molecule has 0 radical (unpaired) electrons. The van der Waals surface area contributed by atoms with Crippen LogP contribution in [0.1, 0.15) is 5.56 Å². The Balaban J connectivity index is 2.84. The highest BCUT2D eigenvalue weighted by Gasteiger charge is 2.21. The smallest absolute Gasteiger partial charge is 0.328 e. The Kier molecular flexibility index (Phi) is 5.13. The molecule has 0 aliphatic carbocycles. The fourth-order valence-corrected chi connectivity index (χ4v) is 1.52. The maximum absolute atomic E-state index is 11.5. The molecule has 1 amide bonds. The van der Waals surface area contributed by atoms with E-state index < -0.39 is 17.9 Å². The first-order valence-corrected chi connectivity index (χ1v) is 5.56. The van der Waals surface area contributed by atoms with Gasteiger partial charge >= 0.3 is 5.97 Å². The van der Waals surface area contributed by atoms with Gasteiger partial charge in [0.2, 0.25) is 5.91 Å². The summed E-state index contributed by atoms with van der Waals surface area (Å²) in [5, 5.41) is 21.0. The molecule has 5 N–H and O–H groups in total. The van der Waals surface area contributed by atoms with Crippen molar-refractivity contribution in [3.05, 3.63) is 23.8 Å². The fraction of sp³-hybridized carbons (Fsp3) is 0.333. The Morgan fingerprint density at radius 1 is 1.37 bits per heavy atom. The lowest BCUT2D eigenvalue weighted by Crippen LogP contribution is -2.45. The number of phenolic OH excluding ortho intramolecular Hbond substituents is 2. The molecule has 0 heterocycles. The standard InChI is InChI=1S/C12H16N2O5/c1-19-12(18)8(14-11(17)6-13)4-7-2-3-9(15)10(16)5-7/h2-3,5,8,15-16H,4,6,13H2,1H3,(H,14,17)/t8-/m0/s1. The zero-order valence-corrected chi connectivity index (χ0v) is 10.4. The molecule has 7 nitrogen and oxygen atoms in total. The molecule has 104 valence electrons. The molecule has 1 atom stereocenters. The number of carbonyl (C=O) groups is 2. The third kappa shape index (κ3) is 4.14. The van der Waals surface area contributed by atoms with E-state index in [9.17, 15) is 19.8 Å². The molecular weight excluding hydrogens is 252 g/mol. The van der Waals surface area contributed by atoms with Gasteiger partial charge in [0.15, 0.2) is 11.5 Å². The largest absolute Gasteiger partial charge is 0.504 e. The third-order valence-corrected chi connectivity index (χ3v) is 2.49. The second-order valence-electron chi connectivity index (χ2n) is 3.87. The molecule has 0 spiro atoms. The zero-order chi connectivity index (χ0) is 14.4. The Labute approximate surface area is 110 Å². The minimum Gasteiger partial charge on any atom is -0.504 e. The quantitative estimate of drug-likeness (QED) is 0.412. The van der Waals surface area contributed by atoms with Gasteiger partial charge in [0.25, 0.3) is 0 Å². The highest BCUT2D eigenvalue weighted by molar-refractivity contribution is 5.85. The van der Waals surface area contributed by atoms with E-state index in [-0.39, 0.29) is 24.5 Å². The van der Waals surface area contributed by atoms with Gasteiger partial charge in [-0.1, -0.05) is 6.07 Å². The van der Waals surface area contributed by atoms with Crippen LogP contribution in [0.15, 0.2) is 18.2 Å². The van der Waals surface area contributed by atoms with Gasteiger partial charge in [0, 0.05) is 6.42 Å². The van der Waals surface area contributed by atoms with Crippen molar-refractivity contribution in [2.75, 3.05) is 13.7 Å². The van der Waals surface area contributed by atoms with Crippen LogP contribution in [-0.2, 0) is 20.7 Å². The number of nitrogens with two attached hydrogens (primary N) is 1. The Morgan fingerprint density at radius 2 is 2.05 bits per heavy atom. The lowest BCUT2D eigenvalue weighted by molar-refractivity contribution is -0.144. The molecule has 1 rings (SSSR count). The number of aromatic hydroxyl groups is 2. The topological polar surface area (TPSA) is 122 Å². The predicted molar refractivity (Wildman–Crippen MR) is 66.5 cm³/mol. The van der Waals surface area contributed by atoms with Gasteiger partial charge < -0.3 is 26.0 Å². The average Bonchev–Trinajstić information content (AvgIpc) is 2.41. The van der Waals surface area contributed by atoms with Crippen LogP contribution in [0.2, 0.25) is 0 Å². The zero-order valence-electron chi connectivity index (χ0n) is 10.4. The fourth-order valence-electron chi connectivity index (χ4n) is 1.52. The van der Waals surface area contributed by atoms with Crippen molar-refractivity contribution < 1.29 is 24.5 Å². The van der Waals surface area contributed by atoms with Gasteiger partial charge in [-0.2, -0.15) is 0 Å². The molecule has 0 aliphatic heterocycles. The summed E-state index contributed by atoms with van der Waals surface area (Å²) in [6, 6.07) is 3.23. The normalized spacial score (nSPS) is 11.7. The van der Waals surface area contributed by atoms with E-state index in [2.05, 4.69) is 10.1 Å². The molecule has 1 aromatic rings. The predicted octanol–water partition coefficient (Wildman–Crippen LogP) is -0.743. The molecule has 0 aromatic heterocycles. The highest BCUT2D eigenvalue weighted by atomic mass is 16.5. The lowest BCUT2D eigenvalue weighted by atomic mass is 10.1. The molecular formula is C12H16N2O5. The lowest BCUT2D eigenvalue weighted by Gasteiger charge is -2.16. The minimum absolute atomic E-state index is 0.117. The molecule has 0 aliphatic rings. The summed E-state index contributed by atoms with van der Waals surface area (Å²) in [5.74, 6) is -1.66. The first-order chi connectivity index (χ1) is 8.97. The van der Waals surface area contributed by atoms with E-state index >= 15 is 0 Å². The SMILES string of the molecule is COC(=O)[C@H](Cc1ccc(O)c(O)c1)NC(=O)CN. The van der Waals surface area contributed by atoms with Crippen LogP contribution < -0.4 is 11.1 Å². The molecule has 7 heteroatoms. The highest BCUT2D eigenvalue weighted by Crippen LogP contribution is 2.25. The van der Waals surface area contributed by atoms with Crippen LogP contribution in [0.4, 0.5) is 0 Å². The second-order valence-corrected chi connectivity index (χ2v) is 3.87. The summed E-state index contributed by atoms with van der Waals surface area (Å²) in [7, 11) is 1.21. The number of esters is 1. The Hall–Kier alpha value is -2.28. The Morgan fingerprint density at radius 3 is 2.58 bits per heavy atom. The van der Waals surface area contributed by atoms with Crippen LogP contribution in [0.3, 0.4) is 0 Å². The average molecular weight is 268 g/mol. The van der Waals surface area contributed by atoms with Crippen molar-refractivity contribution in [1.82, 2.24) is 5.32 Å². The number of hydrogen-bond donors (Lipinski definition) is 4. The number of benzene rings is 1. The number of amides is 1. The van der Waals surface area contributed by atoms with Gasteiger partial charge in [0.1, 0.15) is 6.04 Å². The number of phenols is 2. The van der Waals surface area contributed by atoms with E-state index in [1.165, 1.54) is 25.3 Å². The molecule has 19 heavy (non-hydrogen) atoms. The van der Waals surface area contributed by atoms with Crippen molar-refractivity contribution in [3.63, 3.8) is 0 Å². The van der Waals surface area contributed by atoms with Crippen LogP contribution in [0, 0.1) is 0 Å². The molecule has 0 saturated heterocycles. The van der Waals surface area contributed by atoms with Crippen molar-refractivity contribution in [2.24, 2.45) is 5.73 Å². The Bertz CT molecular complexity index is 475. The molecule has 1 aromatic carbocycles. The molecule has 0 fully saturated rings. The number of carbonyl (C=O) groups excluding carboxylic acids is 2. The summed E-state index contributed by atoms with van der Waals surface area (Å²) in [5.41, 5.74) is 5.72. The first-order valence-electron chi connectivity index (χ1n) is 5.56. The van der Waals surface area contributed by atoms with Crippen LogP contribution >= 0.6 is 0 Å². The van der Waals surface area contributed by atoms with E-state index in [0.29, 0.717) is 5.56 Å². The van der Waals surface area contributed by atoms with Gasteiger partial charge in [-0.25, -0.2) is 4.79 Å². The van der Waals surface area contributed by atoms with Gasteiger partial charge in [-0.05, 0) is 17.7 Å². The number of methoxy groups -OCH3 is 1. The van der Waals surface area contributed by atoms with Gasteiger partial charge in [-0.3, -0.25) is 4.79 Å². The summed E-state index contributed by atoms with van der Waals surface area (Å²) < 4.78 is 4.58. The molecule has 0 bridgehead atoms. The van der Waals surface area contributed by atoms with Crippen molar-refractivity contribution in [1.29, 1.82) is 0 Å². The van der Waals surface area contributed by atoms with Crippen molar-refractivity contribution >= 4 is 11.9 Å². The van der Waals surface area contributed by atoms with Crippen molar-refractivity contribution in [3.8, 4) is 11.5 Å². The van der Waals surface area contributed by atoms with Crippen molar-refractivity contribution in [2.45, 2.75) is 12.5 Å². The van der Waals surface area contributed by atoms with Gasteiger partial charge in [0.05, 0.1) is 13.7 Å². The number of nitrogens with one attached hydrogen (secondary N) is 1. The molecule has 0 unspecified atom stereocenters.